The van der Waals surface area contributed by atoms with Crippen LogP contribution in [0.2, 0.25) is 0 Å². The highest BCUT2D eigenvalue weighted by molar-refractivity contribution is 7.89. The number of hydrogen-bond donors (Lipinski definition) is 1. The van der Waals surface area contributed by atoms with Gasteiger partial charge in [0.2, 0.25) is 15.9 Å². The van der Waals surface area contributed by atoms with Gasteiger partial charge in [0.25, 0.3) is 0 Å². The van der Waals surface area contributed by atoms with Gasteiger partial charge in [0.05, 0.1) is 10.4 Å². The fraction of sp³-hybridized carbons (Fsp3) is 0.412. The van der Waals surface area contributed by atoms with Crippen LogP contribution in [0, 0.1) is 6.92 Å². The second-order valence-corrected chi connectivity index (χ2v) is 7.75. The first kappa shape index (κ1) is 16.9. The Morgan fingerprint density at radius 2 is 2.12 bits per heavy atom. The van der Waals surface area contributed by atoms with Crippen molar-refractivity contribution in [3.05, 3.63) is 36.0 Å². The van der Waals surface area contributed by atoms with Gasteiger partial charge in [0.15, 0.2) is 0 Å². The molecule has 1 aliphatic rings. The van der Waals surface area contributed by atoms with E-state index < -0.39 is 10.0 Å². The maximum absolute atomic E-state index is 12.6. The molecular weight excluding hydrogens is 326 g/mol. The van der Waals surface area contributed by atoms with E-state index in [1.165, 1.54) is 0 Å². The van der Waals surface area contributed by atoms with Gasteiger partial charge < -0.3 is 4.90 Å². The summed E-state index contributed by atoms with van der Waals surface area (Å²) in [6.45, 7) is 3.59. The minimum atomic E-state index is -3.61. The van der Waals surface area contributed by atoms with Crippen molar-refractivity contribution in [2.45, 2.75) is 31.1 Å². The van der Waals surface area contributed by atoms with Crippen LogP contribution >= 0.6 is 0 Å². The van der Waals surface area contributed by atoms with E-state index in [1.807, 2.05) is 6.92 Å². The zero-order valence-electron chi connectivity index (χ0n) is 13.7. The number of fused-ring (bicyclic) bond motifs is 1. The summed E-state index contributed by atoms with van der Waals surface area (Å²) in [4.78, 5) is 17.9. The Morgan fingerprint density at radius 3 is 2.88 bits per heavy atom. The van der Waals surface area contributed by atoms with Crippen molar-refractivity contribution in [3.8, 4) is 0 Å². The summed E-state index contributed by atoms with van der Waals surface area (Å²) in [5.74, 6) is 0.161. The van der Waals surface area contributed by atoms with Crippen LogP contribution in [0.25, 0.3) is 10.9 Å². The number of benzene rings is 1. The predicted molar refractivity (Wildman–Crippen MR) is 92.1 cm³/mol. The van der Waals surface area contributed by atoms with Gasteiger partial charge in [-0.2, -0.15) is 0 Å². The molecule has 6 nitrogen and oxygen atoms in total. The summed E-state index contributed by atoms with van der Waals surface area (Å²) in [6, 6.07) is 6.89. The van der Waals surface area contributed by atoms with E-state index in [-0.39, 0.29) is 10.8 Å². The van der Waals surface area contributed by atoms with E-state index >= 15 is 0 Å². The van der Waals surface area contributed by atoms with Crippen LogP contribution in [0.1, 0.15) is 24.8 Å². The largest absolute Gasteiger partial charge is 0.343 e. The normalized spacial score (nSPS) is 15.4. The standard InChI is InChI=1S/C17H21N3O3S/c1-13-7-8-15(14-5-2-9-18-17(13)14)24(22,23)19-10-4-12-20-11-3-6-16(20)21/h2,5,7-9,19H,3-4,6,10-12H2,1H3. The number of hydrogen-bond acceptors (Lipinski definition) is 4. The number of pyridine rings is 1. The average molecular weight is 347 g/mol. The van der Waals surface area contributed by atoms with Gasteiger partial charge in [-0.15, -0.1) is 0 Å². The second kappa shape index (κ2) is 6.86. The quantitative estimate of drug-likeness (QED) is 0.809. The molecule has 2 heterocycles. The van der Waals surface area contributed by atoms with Gasteiger partial charge in [-0.05, 0) is 43.5 Å². The number of aryl methyl sites for hydroxylation is 1. The average Bonchev–Trinajstić information content (AvgIpc) is 2.97. The molecule has 7 heteroatoms. The van der Waals surface area contributed by atoms with Crippen molar-refractivity contribution in [1.82, 2.24) is 14.6 Å². The molecule has 3 rings (SSSR count). The van der Waals surface area contributed by atoms with Crippen LogP contribution < -0.4 is 4.72 Å². The van der Waals surface area contributed by atoms with Gasteiger partial charge in [0.1, 0.15) is 0 Å². The van der Waals surface area contributed by atoms with Crippen LogP contribution in [-0.2, 0) is 14.8 Å². The highest BCUT2D eigenvalue weighted by Crippen LogP contribution is 2.24. The molecule has 1 saturated heterocycles. The number of aromatic nitrogens is 1. The van der Waals surface area contributed by atoms with Crippen molar-refractivity contribution in [2.24, 2.45) is 0 Å². The Morgan fingerprint density at radius 1 is 1.29 bits per heavy atom. The predicted octanol–water partition coefficient (Wildman–Crippen LogP) is 1.83. The summed E-state index contributed by atoms with van der Waals surface area (Å²) in [7, 11) is -3.61. The number of nitrogens with zero attached hydrogens (tertiary/aromatic N) is 2. The first-order valence-electron chi connectivity index (χ1n) is 8.11. The van der Waals surface area contributed by atoms with Gasteiger partial charge >= 0.3 is 0 Å². The fourth-order valence-corrected chi connectivity index (χ4v) is 4.29. The van der Waals surface area contributed by atoms with Gasteiger partial charge in [-0.25, -0.2) is 13.1 Å². The molecule has 0 radical (unpaired) electrons. The zero-order chi connectivity index (χ0) is 17.2. The Hall–Kier alpha value is -1.99. The smallest absolute Gasteiger partial charge is 0.241 e. The Balaban J connectivity index is 1.70. The molecular formula is C17H21N3O3S. The molecule has 1 aliphatic heterocycles. The van der Waals surface area contributed by atoms with Crippen LogP contribution in [0.15, 0.2) is 35.4 Å². The van der Waals surface area contributed by atoms with Crippen molar-refractivity contribution >= 4 is 26.8 Å². The number of amides is 1. The monoisotopic (exact) mass is 347 g/mol. The lowest BCUT2D eigenvalue weighted by Gasteiger charge is -2.15. The fourth-order valence-electron chi connectivity index (χ4n) is 3.02. The number of carbonyl (C=O) groups is 1. The number of nitrogens with one attached hydrogen (secondary N) is 1. The molecule has 1 fully saturated rings. The minimum absolute atomic E-state index is 0.161. The molecule has 0 atom stereocenters. The summed E-state index contributed by atoms with van der Waals surface area (Å²) >= 11 is 0. The number of carbonyl (C=O) groups excluding carboxylic acids is 1. The Kier molecular flexibility index (Phi) is 4.82. The summed E-state index contributed by atoms with van der Waals surface area (Å²) < 4.78 is 27.8. The SMILES string of the molecule is Cc1ccc(S(=O)(=O)NCCCN2CCCC2=O)c2cccnc12. The summed E-state index contributed by atoms with van der Waals surface area (Å²) in [5.41, 5.74) is 1.64. The summed E-state index contributed by atoms with van der Waals surface area (Å²) in [5, 5.41) is 0.625. The Labute approximate surface area is 141 Å². The van der Waals surface area contributed by atoms with E-state index in [0.29, 0.717) is 36.8 Å². The molecule has 0 aliphatic carbocycles. The maximum atomic E-state index is 12.6. The minimum Gasteiger partial charge on any atom is -0.343 e. The van der Waals surface area contributed by atoms with E-state index in [0.717, 1.165) is 18.5 Å². The van der Waals surface area contributed by atoms with Crippen molar-refractivity contribution in [2.75, 3.05) is 19.6 Å². The van der Waals surface area contributed by atoms with Gasteiger partial charge in [0, 0.05) is 37.6 Å². The van der Waals surface area contributed by atoms with Gasteiger partial charge in [-0.1, -0.05) is 6.07 Å². The van der Waals surface area contributed by atoms with Crippen LogP contribution in [0.4, 0.5) is 0 Å². The topological polar surface area (TPSA) is 79.4 Å². The van der Waals surface area contributed by atoms with Crippen LogP contribution in [0.5, 0.6) is 0 Å². The van der Waals surface area contributed by atoms with Crippen molar-refractivity contribution < 1.29 is 13.2 Å². The first-order chi connectivity index (χ1) is 11.5. The van der Waals surface area contributed by atoms with Gasteiger partial charge in [-0.3, -0.25) is 9.78 Å². The highest BCUT2D eigenvalue weighted by Gasteiger charge is 2.21. The second-order valence-electron chi connectivity index (χ2n) is 6.02. The lowest BCUT2D eigenvalue weighted by molar-refractivity contribution is -0.127. The molecule has 0 unspecified atom stereocenters. The lowest BCUT2D eigenvalue weighted by Crippen LogP contribution is -2.30. The first-order valence-corrected chi connectivity index (χ1v) is 9.59. The molecule has 1 aromatic heterocycles. The molecule has 0 saturated carbocycles. The van der Waals surface area contributed by atoms with Crippen molar-refractivity contribution in [3.63, 3.8) is 0 Å². The number of sulfonamides is 1. The molecule has 1 amide bonds. The van der Waals surface area contributed by atoms with E-state index in [2.05, 4.69) is 9.71 Å². The van der Waals surface area contributed by atoms with Crippen LogP contribution in [-0.4, -0.2) is 43.8 Å². The molecule has 1 N–H and O–H groups in total. The molecule has 1 aromatic carbocycles. The molecule has 2 aromatic rings. The lowest BCUT2D eigenvalue weighted by atomic mass is 10.1. The third-order valence-electron chi connectivity index (χ3n) is 4.29. The van der Waals surface area contributed by atoms with Crippen molar-refractivity contribution in [1.29, 1.82) is 0 Å². The number of likely N-dealkylation sites (tertiary alicyclic amines) is 1. The number of rotatable bonds is 6. The third-order valence-corrected chi connectivity index (χ3v) is 5.81. The maximum Gasteiger partial charge on any atom is 0.241 e. The Bertz CT molecular complexity index is 865. The molecule has 24 heavy (non-hydrogen) atoms. The van der Waals surface area contributed by atoms with E-state index in [9.17, 15) is 13.2 Å². The third kappa shape index (κ3) is 3.42. The highest BCUT2D eigenvalue weighted by atomic mass is 32.2. The molecule has 0 spiro atoms. The van der Waals surface area contributed by atoms with E-state index in [4.69, 9.17) is 0 Å². The van der Waals surface area contributed by atoms with Crippen LogP contribution in [0.3, 0.4) is 0 Å². The molecule has 0 bridgehead atoms. The summed E-state index contributed by atoms with van der Waals surface area (Å²) in [6.07, 6.45) is 3.76. The zero-order valence-corrected chi connectivity index (χ0v) is 14.5. The van der Waals surface area contributed by atoms with E-state index in [1.54, 1.807) is 35.4 Å². The molecule has 128 valence electrons.